The Morgan fingerprint density at radius 1 is 1.73 bits per heavy atom. The van der Waals surface area contributed by atoms with E-state index >= 15 is 0 Å². The second kappa shape index (κ2) is 5.13. The first kappa shape index (κ1) is 12.0. The van der Waals surface area contributed by atoms with E-state index in [9.17, 15) is 13.6 Å². The summed E-state index contributed by atoms with van der Waals surface area (Å²) >= 11 is 1.24. The lowest BCUT2D eigenvalue weighted by Gasteiger charge is -2.14. The SMILES string of the molecule is CN(CC(F)F)C(=O)c1csc(CN)n1. The number of carbonyl (C=O) groups is 1. The minimum Gasteiger partial charge on any atom is -0.335 e. The molecule has 1 heterocycles. The molecule has 1 aromatic rings. The molecule has 0 radical (unpaired) electrons. The van der Waals surface area contributed by atoms with Gasteiger partial charge in [0.15, 0.2) is 0 Å². The van der Waals surface area contributed by atoms with Crippen molar-refractivity contribution in [2.24, 2.45) is 5.73 Å². The molecular weight excluding hydrogens is 224 g/mol. The summed E-state index contributed by atoms with van der Waals surface area (Å²) in [6.45, 7) is -0.342. The maximum atomic E-state index is 12.0. The number of amides is 1. The van der Waals surface area contributed by atoms with Crippen LogP contribution < -0.4 is 5.73 Å². The van der Waals surface area contributed by atoms with Gasteiger partial charge in [0.2, 0.25) is 0 Å². The van der Waals surface area contributed by atoms with Crippen molar-refractivity contribution in [3.8, 4) is 0 Å². The summed E-state index contributed by atoms with van der Waals surface area (Å²) in [7, 11) is 1.32. The van der Waals surface area contributed by atoms with E-state index in [1.807, 2.05) is 0 Å². The first-order valence-electron chi connectivity index (χ1n) is 4.22. The van der Waals surface area contributed by atoms with Crippen molar-refractivity contribution in [2.45, 2.75) is 13.0 Å². The van der Waals surface area contributed by atoms with E-state index in [1.54, 1.807) is 0 Å². The van der Waals surface area contributed by atoms with E-state index in [2.05, 4.69) is 4.98 Å². The van der Waals surface area contributed by atoms with Crippen molar-refractivity contribution in [3.05, 3.63) is 16.1 Å². The van der Waals surface area contributed by atoms with Crippen molar-refractivity contribution >= 4 is 17.2 Å². The van der Waals surface area contributed by atoms with Gasteiger partial charge in [-0.25, -0.2) is 13.8 Å². The number of halogens is 2. The standard InChI is InChI=1S/C8H11F2N3OS/c1-13(3-6(9)10)8(14)5-4-15-7(2-11)12-5/h4,6H,2-3,11H2,1H3. The Bertz CT molecular complexity index is 342. The van der Waals surface area contributed by atoms with Crippen molar-refractivity contribution in [3.63, 3.8) is 0 Å². The summed E-state index contributed by atoms with van der Waals surface area (Å²) in [5.41, 5.74) is 5.49. The highest BCUT2D eigenvalue weighted by atomic mass is 32.1. The smallest absolute Gasteiger partial charge is 0.273 e. The van der Waals surface area contributed by atoms with Crippen LogP contribution in [0.4, 0.5) is 8.78 Å². The number of nitrogens with zero attached hydrogens (tertiary/aromatic N) is 2. The normalized spacial score (nSPS) is 10.7. The molecule has 1 rings (SSSR count). The number of nitrogens with two attached hydrogens (primary N) is 1. The molecule has 4 nitrogen and oxygen atoms in total. The lowest BCUT2D eigenvalue weighted by atomic mass is 10.4. The lowest BCUT2D eigenvalue weighted by Crippen LogP contribution is -2.31. The third kappa shape index (κ3) is 3.21. The molecule has 7 heteroatoms. The Morgan fingerprint density at radius 2 is 2.40 bits per heavy atom. The molecule has 1 amide bonds. The summed E-state index contributed by atoms with van der Waals surface area (Å²) in [6.07, 6.45) is -2.54. The maximum Gasteiger partial charge on any atom is 0.273 e. The summed E-state index contributed by atoms with van der Waals surface area (Å²) < 4.78 is 24.0. The van der Waals surface area contributed by atoms with Crippen LogP contribution in [0.2, 0.25) is 0 Å². The van der Waals surface area contributed by atoms with Gasteiger partial charge in [0, 0.05) is 19.0 Å². The van der Waals surface area contributed by atoms with Gasteiger partial charge in [-0.15, -0.1) is 11.3 Å². The van der Waals surface area contributed by atoms with Crippen molar-refractivity contribution in [1.29, 1.82) is 0 Å². The predicted molar refractivity (Wildman–Crippen MR) is 53.0 cm³/mol. The molecule has 0 bridgehead atoms. The van der Waals surface area contributed by atoms with Crippen LogP contribution >= 0.6 is 11.3 Å². The van der Waals surface area contributed by atoms with E-state index in [0.29, 0.717) is 5.01 Å². The molecule has 0 saturated heterocycles. The highest BCUT2D eigenvalue weighted by Crippen LogP contribution is 2.11. The van der Waals surface area contributed by atoms with E-state index in [-0.39, 0.29) is 12.2 Å². The number of rotatable bonds is 4. The quantitative estimate of drug-likeness (QED) is 0.844. The fourth-order valence-electron chi connectivity index (χ4n) is 0.988. The molecule has 0 saturated carbocycles. The van der Waals surface area contributed by atoms with Gasteiger partial charge in [-0.3, -0.25) is 4.79 Å². The fraction of sp³-hybridized carbons (Fsp3) is 0.500. The fourth-order valence-corrected chi connectivity index (χ4v) is 1.64. The molecule has 1 aromatic heterocycles. The third-order valence-corrected chi connectivity index (χ3v) is 2.58. The van der Waals surface area contributed by atoms with Crippen LogP contribution in [0.5, 0.6) is 0 Å². The topological polar surface area (TPSA) is 59.2 Å². The Morgan fingerprint density at radius 3 is 2.87 bits per heavy atom. The van der Waals surface area contributed by atoms with Crippen LogP contribution in [0, 0.1) is 0 Å². The molecule has 0 aliphatic heterocycles. The Balaban J connectivity index is 2.67. The van der Waals surface area contributed by atoms with Crippen molar-refractivity contribution < 1.29 is 13.6 Å². The van der Waals surface area contributed by atoms with E-state index < -0.39 is 18.9 Å². The van der Waals surface area contributed by atoms with Crippen LogP contribution in [-0.2, 0) is 6.54 Å². The number of aromatic nitrogens is 1. The van der Waals surface area contributed by atoms with E-state index in [0.717, 1.165) is 4.90 Å². The number of hydrogen-bond donors (Lipinski definition) is 1. The monoisotopic (exact) mass is 235 g/mol. The molecule has 0 aromatic carbocycles. The molecule has 0 spiro atoms. The average Bonchev–Trinajstić information content (AvgIpc) is 2.63. The zero-order valence-electron chi connectivity index (χ0n) is 8.11. The second-order valence-electron chi connectivity index (χ2n) is 2.91. The van der Waals surface area contributed by atoms with Crippen molar-refractivity contribution in [2.75, 3.05) is 13.6 Å². The third-order valence-electron chi connectivity index (χ3n) is 1.70. The van der Waals surface area contributed by atoms with Gasteiger partial charge in [-0.1, -0.05) is 0 Å². The highest BCUT2D eigenvalue weighted by Gasteiger charge is 2.18. The van der Waals surface area contributed by atoms with Crippen LogP contribution in [-0.4, -0.2) is 35.8 Å². The zero-order chi connectivity index (χ0) is 11.4. The van der Waals surface area contributed by atoms with Gasteiger partial charge in [0.25, 0.3) is 12.3 Å². The first-order valence-corrected chi connectivity index (χ1v) is 5.10. The Kier molecular flexibility index (Phi) is 4.10. The number of thiazole rings is 1. The van der Waals surface area contributed by atoms with Crippen molar-refractivity contribution in [1.82, 2.24) is 9.88 Å². The molecule has 0 aliphatic carbocycles. The van der Waals surface area contributed by atoms with Gasteiger partial charge in [0.1, 0.15) is 10.7 Å². The molecule has 0 unspecified atom stereocenters. The number of hydrogen-bond acceptors (Lipinski definition) is 4. The molecule has 84 valence electrons. The van der Waals surface area contributed by atoms with Crippen LogP contribution in [0.15, 0.2) is 5.38 Å². The maximum absolute atomic E-state index is 12.0. The summed E-state index contributed by atoms with van der Waals surface area (Å²) in [5.74, 6) is -0.508. The molecule has 15 heavy (non-hydrogen) atoms. The average molecular weight is 235 g/mol. The van der Waals surface area contributed by atoms with E-state index in [1.165, 1.54) is 23.8 Å². The lowest BCUT2D eigenvalue weighted by molar-refractivity contribution is 0.0616. The molecule has 0 aliphatic rings. The van der Waals surface area contributed by atoms with E-state index in [4.69, 9.17) is 5.73 Å². The minimum atomic E-state index is -2.54. The van der Waals surface area contributed by atoms with Crippen LogP contribution in [0.3, 0.4) is 0 Å². The summed E-state index contributed by atoms with van der Waals surface area (Å²) in [6, 6.07) is 0. The Labute approximate surface area is 89.7 Å². The minimum absolute atomic E-state index is 0.170. The van der Waals surface area contributed by atoms with Gasteiger partial charge in [0.05, 0.1) is 6.54 Å². The highest BCUT2D eigenvalue weighted by molar-refractivity contribution is 7.09. The molecule has 0 fully saturated rings. The van der Waals surface area contributed by atoms with Gasteiger partial charge < -0.3 is 10.6 Å². The Hall–Kier alpha value is -1.08. The van der Waals surface area contributed by atoms with Gasteiger partial charge in [-0.2, -0.15) is 0 Å². The van der Waals surface area contributed by atoms with Crippen LogP contribution in [0.1, 0.15) is 15.5 Å². The predicted octanol–water partition coefficient (Wildman–Crippen LogP) is 0.939. The largest absolute Gasteiger partial charge is 0.335 e. The number of alkyl halides is 2. The summed E-state index contributed by atoms with van der Waals surface area (Å²) in [4.78, 5) is 16.4. The first-order chi connectivity index (χ1) is 7.04. The van der Waals surface area contributed by atoms with Gasteiger partial charge >= 0.3 is 0 Å². The molecule has 2 N–H and O–H groups in total. The van der Waals surface area contributed by atoms with Gasteiger partial charge in [-0.05, 0) is 0 Å². The number of carbonyl (C=O) groups excluding carboxylic acids is 1. The van der Waals surface area contributed by atoms with Crippen LogP contribution in [0.25, 0.3) is 0 Å². The summed E-state index contributed by atoms with van der Waals surface area (Å²) in [5, 5.41) is 2.13. The molecule has 0 atom stereocenters. The zero-order valence-corrected chi connectivity index (χ0v) is 8.93. The second-order valence-corrected chi connectivity index (χ2v) is 3.85. The molecular formula is C8H11F2N3OS.